The summed E-state index contributed by atoms with van der Waals surface area (Å²) in [5.41, 5.74) is 1.94. The number of hydrogen-bond donors (Lipinski definition) is 0. The normalized spacial score (nSPS) is 10.7. The molecule has 0 saturated carbocycles. The molecule has 0 N–H and O–H groups in total. The molecule has 3 rings (SSSR count). The summed E-state index contributed by atoms with van der Waals surface area (Å²) in [5, 5.41) is 3.99. The molecule has 0 saturated heterocycles. The van der Waals surface area contributed by atoms with Gasteiger partial charge in [-0.15, -0.1) is 0 Å². The molecule has 22 heavy (non-hydrogen) atoms. The van der Waals surface area contributed by atoms with Crippen molar-refractivity contribution in [1.29, 1.82) is 0 Å². The van der Waals surface area contributed by atoms with Gasteiger partial charge in [-0.2, -0.15) is 11.3 Å². The van der Waals surface area contributed by atoms with Crippen LogP contribution < -0.4 is 5.56 Å². The summed E-state index contributed by atoms with van der Waals surface area (Å²) in [5.74, 6) is -0.290. The van der Waals surface area contributed by atoms with Crippen molar-refractivity contribution in [2.45, 2.75) is 19.4 Å². The van der Waals surface area contributed by atoms with Crippen molar-refractivity contribution in [1.82, 2.24) is 9.38 Å². The number of ether oxygens (including phenoxy) is 1. The Balaban J connectivity index is 1.61. The third-order valence-electron chi connectivity index (χ3n) is 3.20. The first-order valence-corrected chi connectivity index (χ1v) is 7.81. The minimum absolute atomic E-state index is 0.0170. The number of rotatable bonds is 5. The maximum Gasteiger partial charge on any atom is 0.306 e. The quantitative estimate of drug-likeness (QED) is 0.679. The second-order valence-electron chi connectivity index (χ2n) is 4.81. The first-order valence-electron chi connectivity index (χ1n) is 6.86. The molecule has 5 nitrogen and oxygen atoms in total. The Morgan fingerprint density at radius 1 is 1.32 bits per heavy atom. The molecule has 0 radical (unpaired) electrons. The Hall–Kier alpha value is -2.47. The van der Waals surface area contributed by atoms with E-state index in [0.29, 0.717) is 24.2 Å². The fourth-order valence-corrected chi connectivity index (χ4v) is 2.79. The van der Waals surface area contributed by atoms with Crippen LogP contribution >= 0.6 is 11.3 Å². The fraction of sp³-hybridized carbons (Fsp3) is 0.188. The van der Waals surface area contributed by atoms with E-state index in [2.05, 4.69) is 4.98 Å². The number of thiophene rings is 1. The molecule has 0 aliphatic carbocycles. The number of hydrogen-bond acceptors (Lipinski definition) is 5. The summed E-state index contributed by atoms with van der Waals surface area (Å²) in [6.07, 6.45) is 2.64. The van der Waals surface area contributed by atoms with Crippen LogP contribution in [0.25, 0.3) is 5.65 Å². The van der Waals surface area contributed by atoms with Crippen molar-refractivity contribution < 1.29 is 9.53 Å². The van der Waals surface area contributed by atoms with Crippen molar-refractivity contribution in [2.24, 2.45) is 0 Å². The van der Waals surface area contributed by atoms with E-state index >= 15 is 0 Å². The molecule has 0 atom stereocenters. The van der Waals surface area contributed by atoms with E-state index in [1.807, 2.05) is 16.8 Å². The van der Waals surface area contributed by atoms with Gasteiger partial charge >= 0.3 is 5.97 Å². The minimum atomic E-state index is -0.290. The minimum Gasteiger partial charge on any atom is -0.459 e. The average molecular weight is 314 g/mol. The van der Waals surface area contributed by atoms with E-state index in [-0.39, 0.29) is 18.1 Å². The maximum absolute atomic E-state index is 11.9. The molecule has 3 aromatic rings. The third kappa shape index (κ3) is 3.40. The van der Waals surface area contributed by atoms with Crippen LogP contribution in [0.1, 0.15) is 17.7 Å². The standard InChI is InChI=1S/C16H14N2O3S/c19-15-9-13(17-14-3-1-2-7-18(14)15)10-21-16(20)5-4-12-6-8-22-11-12/h1-3,6-9,11H,4-5,10H2. The van der Waals surface area contributed by atoms with Gasteiger partial charge in [0.2, 0.25) is 0 Å². The SMILES string of the molecule is O=C(CCc1ccsc1)OCc1cc(=O)n2ccccc2n1. The summed E-state index contributed by atoms with van der Waals surface area (Å²) in [6.45, 7) is 0.0170. The lowest BCUT2D eigenvalue weighted by Gasteiger charge is -2.05. The number of esters is 1. The maximum atomic E-state index is 11.9. The van der Waals surface area contributed by atoms with E-state index in [1.54, 1.807) is 35.7 Å². The Kier molecular flexibility index (Phi) is 4.29. The Bertz CT molecular complexity index is 840. The highest BCUT2D eigenvalue weighted by atomic mass is 32.1. The van der Waals surface area contributed by atoms with E-state index in [0.717, 1.165) is 5.56 Å². The summed E-state index contributed by atoms with van der Waals surface area (Å²) >= 11 is 1.61. The number of aryl methyl sites for hydroxylation is 1. The molecular weight excluding hydrogens is 300 g/mol. The first-order chi connectivity index (χ1) is 10.7. The molecule has 112 valence electrons. The second kappa shape index (κ2) is 6.53. The summed E-state index contributed by atoms with van der Waals surface area (Å²) in [6, 6.07) is 8.69. The molecule has 0 spiro atoms. The van der Waals surface area contributed by atoms with Gasteiger partial charge in [0.05, 0.1) is 5.69 Å². The fourth-order valence-electron chi connectivity index (χ4n) is 2.08. The van der Waals surface area contributed by atoms with Crippen molar-refractivity contribution in [2.75, 3.05) is 0 Å². The number of carbonyl (C=O) groups excluding carboxylic acids is 1. The van der Waals surface area contributed by atoms with Gasteiger partial charge in [-0.3, -0.25) is 14.0 Å². The van der Waals surface area contributed by atoms with E-state index in [1.165, 1.54) is 10.5 Å². The van der Waals surface area contributed by atoms with Crippen molar-refractivity contribution >= 4 is 23.0 Å². The van der Waals surface area contributed by atoms with Crippen LogP contribution in [0.3, 0.4) is 0 Å². The molecule has 3 aromatic heterocycles. The lowest BCUT2D eigenvalue weighted by Crippen LogP contribution is -2.16. The predicted molar refractivity (Wildman–Crippen MR) is 83.9 cm³/mol. The molecule has 6 heteroatoms. The van der Waals surface area contributed by atoms with Gasteiger partial charge in [-0.25, -0.2) is 4.98 Å². The van der Waals surface area contributed by atoms with Gasteiger partial charge in [0.25, 0.3) is 5.56 Å². The molecule has 0 aromatic carbocycles. The molecule has 0 amide bonds. The molecule has 0 fully saturated rings. The molecule has 0 unspecified atom stereocenters. The summed E-state index contributed by atoms with van der Waals surface area (Å²) < 4.78 is 6.63. The number of aromatic nitrogens is 2. The molecule has 0 aliphatic heterocycles. The van der Waals surface area contributed by atoms with Crippen LogP contribution in [-0.4, -0.2) is 15.4 Å². The van der Waals surface area contributed by atoms with Gasteiger partial charge in [0.1, 0.15) is 12.3 Å². The van der Waals surface area contributed by atoms with Crippen LogP contribution in [0.5, 0.6) is 0 Å². The second-order valence-corrected chi connectivity index (χ2v) is 5.59. The Labute approximate surface area is 130 Å². The zero-order valence-electron chi connectivity index (χ0n) is 11.8. The molecule has 3 heterocycles. The topological polar surface area (TPSA) is 60.7 Å². The molecule has 0 bridgehead atoms. The van der Waals surface area contributed by atoms with Crippen molar-refractivity contribution in [3.63, 3.8) is 0 Å². The third-order valence-corrected chi connectivity index (χ3v) is 3.94. The smallest absolute Gasteiger partial charge is 0.306 e. The van der Waals surface area contributed by atoms with E-state index in [4.69, 9.17) is 4.74 Å². The van der Waals surface area contributed by atoms with Crippen molar-refractivity contribution in [3.05, 3.63) is 68.9 Å². The number of fused-ring (bicyclic) bond motifs is 1. The van der Waals surface area contributed by atoms with Gasteiger partial charge in [-0.05, 0) is 40.9 Å². The lowest BCUT2D eigenvalue weighted by molar-refractivity contribution is -0.145. The van der Waals surface area contributed by atoms with Crippen molar-refractivity contribution in [3.8, 4) is 0 Å². The summed E-state index contributed by atoms with van der Waals surface area (Å²) in [7, 11) is 0. The highest BCUT2D eigenvalue weighted by Crippen LogP contribution is 2.09. The lowest BCUT2D eigenvalue weighted by atomic mass is 10.2. The number of carbonyl (C=O) groups is 1. The van der Waals surface area contributed by atoms with E-state index < -0.39 is 0 Å². The zero-order valence-corrected chi connectivity index (χ0v) is 12.6. The average Bonchev–Trinajstić information content (AvgIpc) is 3.04. The van der Waals surface area contributed by atoms with Gasteiger partial charge < -0.3 is 4.74 Å². The molecule has 0 aliphatic rings. The van der Waals surface area contributed by atoms with Crippen LogP contribution in [0.4, 0.5) is 0 Å². The zero-order chi connectivity index (χ0) is 15.4. The highest BCUT2D eigenvalue weighted by Gasteiger charge is 2.07. The Morgan fingerprint density at radius 3 is 3.05 bits per heavy atom. The number of pyridine rings is 1. The first kappa shape index (κ1) is 14.5. The molecular formula is C16H14N2O3S. The number of nitrogens with zero attached hydrogens (tertiary/aromatic N) is 2. The monoisotopic (exact) mass is 314 g/mol. The highest BCUT2D eigenvalue weighted by molar-refractivity contribution is 7.07. The van der Waals surface area contributed by atoms with Crippen LogP contribution in [0.2, 0.25) is 0 Å². The van der Waals surface area contributed by atoms with Gasteiger partial charge in [-0.1, -0.05) is 6.07 Å². The van der Waals surface area contributed by atoms with Gasteiger partial charge in [0.15, 0.2) is 0 Å². The Morgan fingerprint density at radius 2 is 2.23 bits per heavy atom. The van der Waals surface area contributed by atoms with Gasteiger partial charge in [0, 0.05) is 18.7 Å². The van der Waals surface area contributed by atoms with Crippen LogP contribution in [-0.2, 0) is 22.6 Å². The predicted octanol–water partition coefficient (Wildman–Crippen LogP) is 2.43. The summed E-state index contributed by atoms with van der Waals surface area (Å²) in [4.78, 5) is 27.9. The largest absolute Gasteiger partial charge is 0.459 e. The van der Waals surface area contributed by atoms with Crippen LogP contribution in [0.15, 0.2) is 52.1 Å². The van der Waals surface area contributed by atoms with E-state index in [9.17, 15) is 9.59 Å². The van der Waals surface area contributed by atoms with Crippen LogP contribution in [0, 0.1) is 0 Å².